The minimum atomic E-state index is -0.00654. The first-order valence-electron chi connectivity index (χ1n) is 6.50. The number of hydrogen-bond acceptors (Lipinski definition) is 3. The van der Waals surface area contributed by atoms with Crippen molar-refractivity contribution in [3.63, 3.8) is 0 Å². The van der Waals surface area contributed by atoms with Gasteiger partial charge in [0.15, 0.2) is 11.5 Å². The zero-order valence-electron chi connectivity index (χ0n) is 10.4. The molecule has 0 aliphatic carbocycles. The quantitative estimate of drug-likeness (QED) is 0.555. The van der Waals surface area contributed by atoms with Gasteiger partial charge in [0.05, 0.1) is 0 Å². The maximum Gasteiger partial charge on any atom is 0.157 e. The van der Waals surface area contributed by atoms with E-state index in [0.29, 0.717) is 6.04 Å². The predicted molar refractivity (Wildman–Crippen MR) is 68.4 cm³/mol. The molecule has 0 aromatic heterocycles. The van der Waals surface area contributed by atoms with E-state index in [4.69, 9.17) is 0 Å². The Bertz CT molecular complexity index is 390. The highest BCUT2D eigenvalue weighted by Gasteiger charge is 2.21. The normalized spacial score (nSPS) is 19.0. The van der Waals surface area contributed by atoms with E-state index >= 15 is 0 Å². The van der Waals surface area contributed by atoms with Gasteiger partial charge in [0, 0.05) is 6.04 Å². The van der Waals surface area contributed by atoms with Gasteiger partial charge in [-0.05, 0) is 42.6 Å². The Balaban J connectivity index is 2.15. The van der Waals surface area contributed by atoms with Gasteiger partial charge in [0.1, 0.15) is 0 Å². The molecule has 1 atom stereocenters. The molecule has 0 saturated carbocycles. The Morgan fingerprint density at radius 2 is 2.00 bits per heavy atom. The summed E-state index contributed by atoms with van der Waals surface area (Å²) in [5.74, 6) is -0.00843. The third kappa shape index (κ3) is 2.72. The number of phenolic OH excluding ortho intramolecular Hbond substituents is 2. The van der Waals surface area contributed by atoms with E-state index in [9.17, 15) is 10.2 Å². The van der Waals surface area contributed by atoms with E-state index in [-0.39, 0.29) is 11.5 Å². The van der Waals surface area contributed by atoms with Crippen LogP contribution < -0.4 is 5.32 Å². The maximum atomic E-state index is 9.59. The third-order valence-corrected chi connectivity index (χ3v) is 3.49. The van der Waals surface area contributed by atoms with Gasteiger partial charge in [-0.25, -0.2) is 0 Å². The van der Waals surface area contributed by atoms with Crippen LogP contribution in [0, 0.1) is 0 Å². The topological polar surface area (TPSA) is 52.5 Å². The molecule has 17 heavy (non-hydrogen) atoms. The van der Waals surface area contributed by atoms with Crippen LogP contribution in [0.2, 0.25) is 0 Å². The highest BCUT2D eigenvalue weighted by Crippen LogP contribution is 2.35. The Labute approximate surface area is 102 Å². The van der Waals surface area contributed by atoms with E-state index in [2.05, 4.69) is 12.2 Å². The molecule has 1 aromatic rings. The monoisotopic (exact) mass is 235 g/mol. The van der Waals surface area contributed by atoms with Crippen molar-refractivity contribution in [1.29, 1.82) is 0 Å². The molecule has 1 aromatic carbocycles. The van der Waals surface area contributed by atoms with E-state index in [1.807, 2.05) is 0 Å². The molecule has 1 heterocycles. The van der Waals surface area contributed by atoms with Crippen molar-refractivity contribution in [3.8, 4) is 11.5 Å². The molecule has 3 N–H and O–H groups in total. The van der Waals surface area contributed by atoms with Gasteiger partial charge in [0.2, 0.25) is 0 Å². The lowest BCUT2D eigenvalue weighted by atomic mass is 9.90. The van der Waals surface area contributed by atoms with Crippen LogP contribution in [0.4, 0.5) is 0 Å². The van der Waals surface area contributed by atoms with Crippen LogP contribution in [0.3, 0.4) is 0 Å². The summed E-state index contributed by atoms with van der Waals surface area (Å²) in [7, 11) is 0. The highest BCUT2D eigenvalue weighted by molar-refractivity contribution is 5.47. The first-order valence-corrected chi connectivity index (χ1v) is 6.50. The third-order valence-electron chi connectivity index (χ3n) is 3.49. The lowest BCUT2D eigenvalue weighted by molar-refractivity contribution is 0.395. The Hall–Kier alpha value is -1.22. The molecule has 1 aliphatic heterocycles. The Morgan fingerprint density at radius 1 is 1.24 bits per heavy atom. The molecule has 0 fully saturated rings. The van der Waals surface area contributed by atoms with Gasteiger partial charge in [-0.2, -0.15) is 0 Å². The van der Waals surface area contributed by atoms with Crippen LogP contribution in [0.1, 0.15) is 49.8 Å². The smallest absolute Gasteiger partial charge is 0.157 e. The van der Waals surface area contributed by atoms with Crippen LogP contribution in [0.5, 0.6) is 11.5 Å². The fourth-order valence-electron chi connectivity index (χ4n) is 2.52. The van der Waals surface area contributed by atoms with E-state index in [0.717, 1.165) is 24.9 Å². The zero-order chi connectivity index (χ0) is 12.3. The van der Waals surface area contributed by atoms with Gasteiger partial charge in [-0.1, -0.05) is 26.2 Å². The van der Waals surface area contributed by atoms with E-state index in [1.54, 1.807) is 12.1 Å². The summed E-state index contributed by atoms with van der Waals surface area (Å²) in [6.07, 6.45) is 5.70. The van der Waals surface area contributed by atoms with Crippen molar-refractivity contribution < 1.29 is 10.2 Å². The van der Waals surface area contributed by atoms with Gasteiger partial charge in [0.25, 0.3) is 0 Å². The summed E-state index contributed by atoms with van der Waals surface area (Å²) in [4.78, 5) is 0. The number of phenols is 2. The second-order valence-electron chi connectivity index (χ2n) is 4.79. The summed E-state index contributed by atoms with van der Waals surface area (Å²) in [5.41, 5.74) is 2.32. The Kier molecular flexibility index (Phi) is 3.89. The van der Waals surface area contributed by atoms with Crippen LogP contribution in [0.25, 0.3) is 0 Å². The minimum absolute atomic E-state index is 0.00189. The van der Waals surface area contributed by atoms with Crippen LogP contribution in [-0.4, -0.2) is 16.8 Å². The van der Waals surface area contributed by atoms with Crippen LogP contribution in [-0.2, 0) is 6.42 Å². The fraction of sp³-hybridized carbons (Fsp3) is 0.571. The molecule has 0 spiro atoms. The first-order chi connectivity index (χ1) is 8.22. The predicted octanol–water partition coefficient (Wildman–Crippen LogP) is 2.86. The molecule has 3 heteroatoms. The summed E-state index contributed by atoms with van der Waals surface area (Å²) < 4.78 is 0. The molecule has 0 bridgehead atoms. The molecular weight excluding hydrogens is 214 g/mol. The molecule has 0 saturated heterocycles. The number of benzene rings is 1. The van der Waals surface area contributed by atoms with Crippen molar-refractivity contribution in [2.75, 3.05) is 6.54 Å². The number of unbranched alkanes of at least 4 members (excludes halogenated alkanes) is 2. The number of nitrogens with one attached hydrogen (secondary N) is 1. The van der Waals surface area contributed by atoms with Crippen molar-refractivity contribution >= 4 is 0 Å². The molecular formula is C14H21NO2. The molecule has 94 valence electrons. The van der Waals surface area contributed by atoms with Crippen molar-refractivity contribution in [3.05, 3.63) is 23.3 Å². The molecule has 2 rings (SSSR count). The minimum Gasteiger partial charge on any atom is -0.504 e. The van der Waals surface area contributed by atoms with Gasteiger partial charge in [-0.3, -0.25) is 0 Å². The zero-order valence-corrected chi connectivity index (χ0v) is 10.4. The second-order valence-corrected chi connectivity index (χ2v) is 4.79. The number of rotatable bonds is 4. The van der Waals surface area contributed by atoms with Crippen molar-refractivity contribution in [2.45, 2.75) is 45.1 Å². The first kappa shape index (κ1) is 12.2. The number of aromatic hydroxyl groups is 2. The van der Waals surface area contributed by atoms with Gasteiger partial charge < -0.3 is 15.5 Å². The number of hydrogen-bond donors (Lipinski definition) is 3. The lowest BCUT2D eigenvalue weighted by Crippen LogP contribution is -2.29. The summed E-state index contributed by atoms with van der Waals surface area (Å²) >= 11 is 0. The van der Waals surface area contributed by atoms with Gasteiger partial charge in [-0.15, -0.1) is 0 Å². The average Bonchev–Trinajstić information content (AvgIpc) is 2.32. The van der Waals surface area contributed by atoms with Crippen molar-refractivity contribution in [2.24, 2.45) is 0 Å². The summed E-state index contributed by atoms with van der Waals surface area (Å²) in [5, 5.41) is 22.6. The largest absolute Gasteiger partial charge is 0.504 e. The average molecular weight is 235 g/mol. The van der Waals surface area contributed by atoms with Crippen LogP contribution in [0.15, 0.2) is 12.1 Å². The SMILES string of the molecule is CCCCCC1NCCc2cc(O)c(O)cc21. The van der Waals surface area contributed by atoms with Crippen molar-refractivity contribution in [1.82, 2.24) is 5.32 Å². The highest BCUT2D eigenvalue weighted by atomic mass is 16.3. The summed E-state index contributed by atoms with van der Waals surface area (Å²) in [6.45, 7) is 3.15. The fourth-order valence-corrected chi connectivity index (χ4v) is 2.52. The van der Waals surface area contributed by atoms with Crippen LogP contribution >= 0.6 is 0 Å². The summed E-state index contributed by atoms with van der Waals surface area (Å²) in [6, 6.07) is 3.75. The standard InChI is InChI=1S/C14H21NO2/c1-2-3-4-5-12-11-9-14(17)13(16)8-10(11)6-7-15-12/h8-9,12,15-17H,2-7H2,1H3. The Morgan fingerprint density at radius 3 is 2.76 bits per heavy atom. The molecule has 1 aliphatic rings. The van der Waals surface area contributed by atoms with E-state index < -0.39 is 0 Å². The second kappa shape index (κ2) is 5.41. The lowest BCUT2D eigenvalue weighted by Gasteiger charge is -2.27. The molecule has 1 unspecified atom stereocenters. The maximum absolute atomic E-state index is 9.59. The van der Waals surface area contributed by atoms with E-state index in [1.165, 1.54) is 24.8 Å². The molecule has 0 radical (unpaired) electrons. The molecule has 3 nitrogen and oxygen atoms in total. The number of fused-ring (bicyclic) bond motifs is 1. The van der Waals surface area contributed by atoms with Gasteiger partial charge >= 0.3 is 0 Å². The molecule has 0 amide bonds.